The molecule has 0 saturated heterocycles. The van der Waals surface area contributed by atoms with Crippen molar-refractivity contribution in [1.82, 2.24) is 0 Å². The van der Waals surface area contributed by atoms with E-state index in [1.54, 1.807) is 0 Å². The average Bonchev–Trinajstić information content (AvgIpc) is 2.89. The van der Waals surface area contributed by atoms with Gasteiger partial charge in [-0.25, -0.2) is 4.79 Å². The summed E-state index contributed by atoms with van der Waals surface area (Å²) in [5, 5.41) is 5.48. The number of thiophene rings is 1. The molecule has 0 bridgehead atoms. The first-order valence-corrected chi connectivity index (χ1v) is 9.53. The Hall–Kier alpha value is -2.18. The van der Waals surface area contributed by atoms with Crippen molar-refractivity contribution in [2.24, 2.45) is 5.92 Å². The molecule has 3 N–H and O–H groups in total. The number of rotatable bonds is 7. The Kier molecular flexibility index (Phi) is 6.94. The van der Waals surface area contributed by atoms with Crippen molar-refractivity contribution in [3.63, 3.8) is 0 Å². The van der Waals surface area contributed by atoms with Crippen LogP contribution in [0.4, 0.5) is 5.00 Å². The zero-order chi connectivity index (χ0) is 19.3. The quantitative estimate of drug-likeness (QED) is 0.731. The lowest BCUT2D eigenvalue weighted by Crippen LogP contribution is -2.88. The highest BCUT2D eigenvalue weighted by Gasteiger charge is 2.24. The number of carbonyl (C=O) groups excluding carboxylic acids is 2. The molecule has 5 nitrogen and oxygen atoms in total. The summed E-state index contributed by atoms with van der Waals surface area (Å²) in [5.41, 5.74) is 2.51. The lowest BCUT2D eigenvalue weighted by molar-refractivity contribution is -0.692. The fourth-order valence-corrected chi connectivity index (χ4v) is 4.01. The summed E-state index contributed by atoms with van der Waals surface area (Å²) in [6.45, 7) is 8.37. The van der Waals surface area contributed by atoms with E-state index in [0.29, 0.717) is 16.5 Å². The average molecular weight is 376 g/mol. The van der Waals surface area contributed by atoms with Crippen LogP contribution in [0.1, 0.15) is 46.3 Å². The van der Waals surface area contributed by atoms with Crippen LogP contribution in [0.15, 0.2) is 30.3 Å². The number of hydrogen-bond donors (Lipinski definition) is 2. The molecule has 0 spiro atoms. The van der Waals surface area contributed by atoms with E-state index in [1.807, 2.05) is 37.4 Å². The number of hydrogen-bond acceptors (Lipinski definition) is 4. The third-order valence-electron chi connectivity index (χ3n) is 4.49. The molecule has 0 fully saturated rings. The van der Waals surface area contributed by atoms with Crippen LogP contribution in [0.25, 0.3) is 0 Å². The number of benzene rings is 1. The van der Waals surface area contributed by atoms with Gasteiger partial charge < -0.3 is 15.4 Å². The van der Waals surface area contributed by atoms with Crippen LogP contribution >= 0.6 is 11.3 Å². The smallest absolute Gasteiger partial charge is 0.341 e. The molecule has 2 aromatic rings. The maximum atomic E-state index is 12.5. The summed E-state index contributed by atoms with van der Waals surface area (Å²) in [7, 11) is 1.35. The van der Waals surface area contributed by atoms with Gasteiger partial charge in [-0.3, -0.25) is 4.79 Å². The number of carbonyl (C=O) groups is 2. The van der Waals surface area contributed by atoms with E-state index < -0.39 is 5.97 Å². The summed E-state index contributed by atoms with van der Waals surface area (Å²) in [6, 6.07) is 10.4. The van der Waals surface area contributed by atoms with Crippen molar-refractivity contribution in [2.45, 2.75) is 33.7 Å². The lowest BCUT2D eigenvalue weighted by atomic mass is 9.96. The zero-order valence-electron chi connectivity index (χ0n) is 16.0. The Labute approximate surface area is 158 Å². The Balaban J connectivity index is 2.07. The molecule has 1 aromatic carbocycles. The van der Waals surface area contributed by atoms with Gasteiger partial charge in [0.05, 0.1) is 12.7 Å². The van der Waals surface area contributed by atoms with Gasteiger partial charge in [-0.1, -0.05) is 44.2 Å². The number of nitrogens with one attached hydrogen (secondary N) is 1. The maximum absolute atomic E-state index is 12.5. The molecule has 1 heterocycles. The van der Waals surface area contributed by atoms with Crippen LogP contribution in [0.3, 0.4) is 0 Å². The van der Waals surface area contributed by atoms with E-state index in [9.17, 15) is 9.59 Å². The van der Waals surface area contributed by atoms with Crippen molar-refractivity contribution >= 4 is 28.2 Å². The minimum Gasteiger partial charge on any atom is -0.465 e. The molecule has 6 heteroatoms. The number of esters is 1. The van der Waals surface area contributed by atoms with Crippen LogP contribution in [-0.4, -0.2) is 25.5 Å². The molecule has 0 aliphatic carbocycles. The van der Waals surface area contributed by atoms with Crippen LogP contribution in [0.5, 0.6) is 0 Å². The van der Waals surface area contributed by atoms with E-state index >= 15 is 0 Å². The standard InChI is InChI=1S/C20H26N2O3S/c1-12(2)18(15-9-7-6-8-10-15)21-11-16(23)22-19-17(20(24)25-5)13(3)14(4)26-19/h6-10,12,18,21H,11H2,1-5H3,(H,22,23)/p+1/t18-/m0/s1. The Morgan fingerprint density at radius 2 is 1.85 bits per heavy atom. The Bertz CT molecular complexity index is 769. The molecule has 0 unspecified atom stereocenters. The molecule has 1 amide bonds. The van der Waals surface area contributed by atoms with E-state index in [4.69, 9.17) is 4.74 Å². The van der Waals surface area contributed by atoms with Gasteiger partial charge in [-0.15, -0.1) is 11.3 Å². The fourth-order valence-electron chi connectivity index (χ4n) is 2.94. The van der Waals surface area contributed by atoms with Crippen LogP contribution in [-0.2, 0) is 9.53 Å². The highest BCUT2D eigenvalue weighted by molar-refractivity contribution is 7.16. The molecule has 0 aliphatic rings. The maximum Gasteiger partial charge on any atom is 0.341 e. The van der Waals surface area contributed by atoms with Crippen molar-refractivity contribution in [2.75, 3.05) is 19.0 Å². The third-order valence-corrected chi connectivity index (χ3v) is 5.61. The molecule has 26 heavy (non-hydrogen) atoms. The largest absolute Gasteiger partial charge is 0.465 e. The number of anilines is 1. The molecular weight excluding hydrogens is 348 g/mol. The van der Waals surface area contributed by atoms with E-state index in [2.05, 4.69) is 31.3 Å². The molecule has 140 valence electrons. The monoisotopic (exact) mass is 375 g/mol. The molecular formula is C20H27N2O3S+. The number of quaternary nitrogens is 1. The van der Waals surface area contributed by atoms with Crippen molar-refractivity contribution in [3.8, 4) is 0 Å². The normalized spacial score (nSPS) is 12.1. The van der Waals surface area contributed by atoms with E-state index in [-0.39, 0.29) is 18.5 Å². The molecule has 0 saturated carbocycles. The number of methoxy groups -OCH3 is 1. The second kappa shape index (κ2) is 8.96. The Morgan fingerprint density at radius 1 is 1.19 bits per heavy atom. The zero-order valence-corrected chi connectivity index (χ0v) is 16.8. The second-order valence-corrected chi connectivity index (χ2v) is 7.87. The second-order valence-electron chi connectivity index (χ2n) is 6.65. The first-order valence-electron chi connectivity index (χ1n) is 8.71. The molecule has 2 rings (SSSR count). The van der Waals surface area contributed by atoms with Gasteiger partial charge >= 0.3 is 5.97 Å². The first-order chi connectivity index (χ1) is 12.3. The van der Waals surface area contributed by atoms with Gasteiger partial charge in [-0.05, 0) is 19.4 Å². The summed E-state index contributed by atoms with van der Waals surface area (Å²) in [4.78, 5) is 25.5. The number of nitrogens with two attached hydrogens (primary N) is 1. The van der Waals surface area contributed by atoms with E-state index in [0.717, 1.165) is 10.4 Å². The number of aryl methyl sites for hydroxylation is 1. The minimum atomic E-state index is -0.421. The summed E-state index contributed by atoms with van der Waals surface area (Å²) < 4.78 is 4.85. The molecule has 1 aromatic heterocycles. The number of amides is 1. The highest BCUT2D eigenvalue weighted by atomic mass is 32.1. The predicted octanol–water partition coefficient (Wildman–Crippen LogP) is 3.05. The van der Waals surface area contributed by atoms with Crippen molar-refractivity contribution in [3.05, 3.63) is 51.9 Å². The number of ether oxygens (including phenoxy) is 1. The molecule has 0 aliphatic heterocycles. The first kappa shape index (κ1) is 20.1. The summed E-state index contributed by atoms with van der Waals surface area (Å²) in [6.07, 6.45) is 0. The summed E-state index contributed by atoms with van der Waals surface area (Å²) >= 11 is 1.40. The Morgan fingerprint density at radius 3 is 2.42 bits per heavy atom. The molecule has 1 atom stereocenters. The van der Waals surface area contributed by atoms with Gasteiger partial charge in [0.15, 0.2) is 6.54 Å². The minimum absolute atomic E-state index is 0.127. The lowest BCUT2D eigenvalue weighted by Gasteiger charge is -2.19. The van der Waals surface area contributed by atoms with Gasteiger partial charge in [0.1, 0.15) is 11.0 Å². The van der Waals surface area contributed by atoms with Gasteiger partial charge in [0.2, 0.25) is 0 Å². The molecule has 0 radical (unpaired) electrons. The highest BCUT2D eigenvalue weighted by Crippen LogP contribution is 2.32. The summed E-state index contributed by atoms with van der Waals surface area (Å²) in [5.74, 6) is -0.157. The van der Waals surface area contributed by atoms with Crippen LogP contribution in [0.2, 0.25) is 0 Å². The van der Waals surface area contributed by atoms with Gasteiger partial charge in [0.25, 0.3) is 5.91 Å². The fraction of sp³-hybridized carbons (Fsp3) is 0.400. The van der Waals surface area contributed by atoms with Crippen LogP contribution < -0.4 is 10.6 Å². The van der Waals surface area contributed by atoms with Crippen LogP contribution in [0, 0.1) is 19.8 Å². The SMILES string of the molecule is COC(=O)c1c(NC(=O)C[NH2+][C@H](c2ccccc2)C(C)C)sc(C)c1C. The predicted molar refractivity (Wildman–Crippen MR) is 105 cm³/mol. The van der Waals surface area contributed by atoms with Crippen molar-refractivity contribution in [1.29, 1.82) is 0 Å². The third kappa shape index (κ3) is 4.71. The van der Waals surface area contributed by atoms with Gasteiger partial charge in [-0.2, -0.15) is 0 Å². The van der Waals surface area contributed by atoms with Crippen molar-refractivity contribution < 1.29 is 19.6 Å². The topological polar surface area (TPSA) is 72.0 Å². The van der Waals surface area contributed by atoms with E-state index in [1.165, 1.54) is 24.0 Å². The van der Waals surface area contributed by atoms with Gasteiger partial charge in [0, 0.05) is 16.4 Å².